The van der Waals surface area contributed by atoms with E-state index < -0.39 is 5.91 Å². The van der Waals surface area contributed by atoms with Crippen molar-refractivity contribution < 1.29 is 13.9 Å². The zero-order chi connectivity index (χ0) is 25.5. The SMILES string of the molecule is CCOc1ccc(-c2nnc(C3CC(n4c(C(N)=O)cc5cccnc54)C3)n2-c2ccccc2F)nc1. The fourth-order valence-electron chi connectivity index (χ4n) is 4.98. The molecule has 5 aromatic rings. The van der Waals surface area contributed by atoms with Gasteiger partial charge in [-0.25, -0.2) is 14.4 Å². The van der Waals surface area contributed by atoms with Crippen LogP contribution in [-0.4, -0.2) is 41.8 Å². The Morgan fingerprint density at radius 1 is 1.11 bits per heavy atom. The molecule has 1 amide bonds. The van der Waals surface area contributed by atoms with E-state index in [4.69, 9.17) is 10.5 Å². The predicted octanol–water partition coefficient (Wildman–Crippen LogP) is 4.43. The lowest BCUT2D eigenvalue weighted by Crippen LogP contribution is -2.30. The largest absolute Gasteiger partial charge is 0.492 e. The van der Waals surface area contributed by atoms with Crippen molar-refractivity contribution in [3.05, 3.63) is 84.3 Å². The van der Waals surface area contributed by atoms with Crippen LogP contribution in [0.4, 0.5) is 4.39 Å². The summed E-state index contributed by atoms with van der Waals surface area (Å²) in [5.74, 6) is 0.816. The Morgan fingerprint density at radius 3 is 2.68 bits per heavy atom. The van der Waals surface area contributed by atoms with Gasteiger partial charge in [0.15, 0.2) is 5.82 Å². The van der Waals surface area contributed by atoms with Crippen LogP contribution in [0, 0.1) is 5.82 Å². The monoisotopic (exact) mass is 497 g/mol. The lowest BCUT2D eigenvalue weighted by atomic mass is 9.79. The van der Waals surface area contributed by atoms with E-state index in [2.05, 4.69) is 20.2 Å². The van der Waals surface area contributed by atoms with Crippen molar-refractivity contribution in [2.75, 3.05) is 6.61 Å². The van der Waals surface area contributed by atoms with Gasteiger partial charge in [0.25, 0.3) is 5.91 Å². The summed E-state index contributed by atoms with van der Waals surface area (Å²) < 4.78 is 24.2. The van der Waals surface area contributed by atoms with Crippen molar-refractivity contribution in [2.24, 2.45) is 5.73 Å². The smallest absolute Gasteiger partial charge is 0.265 e. The maximum Gasteiger partial charge on any atom is 0.265 e. The first-order valence-electron chi connectivity index (χ1n) is 12.1. The summed E-state index contributed by atoms with van der Waals surface area (Å²) >= 11 is 0. The highest BCUT2D eigenvalue weighted by atomic mass is 19.1. The molecule has 37 heavy (non-hydrogen) atoms. The summed E-state index contributed by atoms with van der Waals surface area (Å²) in [6.07, 6.45) is 4.66. The van der Waals surface area contributed by atoms with Crippen LogP contribution in [0.2, 0.25) is 0 Å². The average molecular weight is 498 g/mol. The van der Waals surface area contributed by atoms with Crippen LogP contribution in [0.15, 0.2) is 67.0 Å². The number of aromatic nitrogens is 6. The van der Waals surface area contributed by atoms with Gasteiger partial charge >= 0.3 is 0 Å². The number of halogens is 1. The molecule has 0 radical (unpaired) electrons. The highest BCUT2D eigenvalue weighted by molar-refractivity contribution is 5.97. The van der Waals surface area contributed by atoms with Gasteiger partial charge in [-0.05, 0) is 62.2 Å². The van der Waals surface area contributed by atoms with Crippen LogP contribution in [-0.2, 0) is 0 Å². The summed E-state index contributed by atoms with van der Waals surface area (Å²) in [5, 5.41) is 9.76. The van der Waals surface area contributed by atoms with Crippen molar-refractivity contribution in [1.29, 1.82) is 0 Å². The molecule has 0 unspecified atom stereocenters. The van der Waals surface area contributed by atoms with Gasteiger partial charge in [-0.15, -0.1) is 10.2 Å². The molecule has 0 spiro atoms. The van der Waals surface area contributed by atoms with Crippen molar-refractivity contribution in [3.8, 4) is 23.0 Å². The Hall–Kier alpha value is -4.60. The third-order valence-electron chi connectivity index (χ3n) is 6.75. The Morgan fingerprint density at radius 2 is 1.95 bits per heavy atom. The average Bonchev–Trinajstić information content (AvgIpc) is 3.47. The summed E-state index contributed by atoms with van der Waals surface area (Å²) in [5.41, 5.74) is 7.73. The van der Waals surface area contributed by atoms with Crippen LogP contribution in [0.25, 0.3) is 28.2 Å². The molecule has 186 valence electrons. The Bertz CT molecular complexity index is 1600. The zero-order valence-electron chi connectivity index (χ0n) is 20.1. The minimum atomic E-state index is -0.500. The number of carbonyl (C=O) groups is 1. The highest BCUT2D eigenvalue weighted by Crippen LogP contribution is 2.47. The molecule has 0 bridgehead atoms. The molecule has 4 aromatic heterocycles. The van der Waals surface area contributed by atoms with Gasteiger partial charge in [0, 0.05) is 23.5 Å². The van der Waals surface area contributed by atoms with E-state index in [-0.39, 0.29) is 17.8 Å². The Labute approximate surface area is 211 Å². The second kappa shape index (κ2) is 9.12. The number of hydrogen-bond acceptors (Lipinski definition) is 6. The minimum Gasteiger partial charge on any atom is -0.492 e. The van der Waals surface area contributed by atoms with Crippen LogP contribution < -0.4 is 10.5 Å². The number of carbonyl (C=O) groups excluding carboxylic acids is 1. The maximum absolute atomic E-state index is 15.0. The third kappa shape index (κ3) is 3.90. The molecule has 0 aliphatic heterocycles. The molecular formula is C27H24FN7O2. The second-order valence-corrected chi connectivity index (χ2v) is 8.98. The normalized spacial score (nSPS) is 17.0. The van der Waals surface area contributed by atoms with E-state index in [1.165, 1.54) is 6.07 Å². The number of para-hydroxylation sites is 1. The van der Waals surface area contributed by atoms with Crippen LogP contribution in [0.5, 0.6) is 5.75 Å². The number of benzene rings is 1. The maximum atomic E-state index is 15.0. The van der Waals surface area contributed by atoms with Crippen LogP contribution >= 0.6 is 0 Å². The fraction of sp³-hybridized carbons (Fsp3) is 0.222. The number of pyridine rings is 2. The predicted molar refractivity (Wildman–Crippen MR) is 135 cm³/mol. The molecule has 10 heteroatoms. The summed E-state index contributed by atoms with van der Waals surface area (Å²) in [6.45, 7) is 2.43. The van der Waals surface area contributed by atoms with Gasteiger partial charge < -0.3 is 15.0 Å². The summed E-state index contributed by atoms with van der Waals surface area (Å²) in [4.78, 5) is 21.1. The number of nitrogens with zero attached hydrogens (tertiary/aromatic N) is 6. The molecule has 1 saturated carbocycles. The van der Waals surface area contributed by atoms with Gasteiger partial charge in [0.1, 0.15) is 34.4 Å². The molecule has 1 fully saturated rings. The van der Waals surface area contributed by atoms with Gasteiger partial charge in [0.05, 0.1) is 18.5 Å². The first kappa shape index (κ1) is 22.8. The zero-order valence-corrected chi connectivity index (χ0v) is 20.1. The Kier molecular flexibility index (Phi) is 5.63. The standard InChI is InChI=1S/C27H24FN7O2/c1-2-37-19-9-10-21(31-15-19)27-33-32-26(35(27)22-8-4-3-7-20(22)28)17-12-18(13-17)34-23(24(29)36)14-16-6-5-11-30-25(16)34/h3-11,14-15,17-18H,2,12-13H2,1H3,(H2,29,36). The number of amides is 1. The van der Waals surface area contributed by atoms with Gasteiger partial charge in [-0.3, -0.25) is 9.36 Å². The van der Waals surface area contributed by atoms with E-state index in [1.807, 2.05) is 23.6 Å². The van der Waals surface area contributed by atoms with E-state index in [0.717, 1.165) is 11.0 Å². The molecule has 2 N–H and O–H groups in total. The van der Waals surface area contributed by atoms with Crippen molar-refractivity contribution in [3.63, 3.8) is 0 Å². The molecule has 4 heterocycles. The second-order valence-electron chi connectivity index (χ2n) is 8.98. The molecule has 9 nitrogen and oxygen atoms in total. The molecule has 0 atom stereocenters. The fourth-order valence-corrected chi connectivity index (χ4v) is 4.98. The first-order valence-corrected chi connectivity index (χ1v) is 12.1. The van der Waals surface area contributed by atoms with Gasteiger partial charge in [-0.2, -0.15) is 0 Å². The molecule has 1 aliphatic rings. The van der Waals surface area contributed by atoms with Crippen molar-refractivity contribution >= 4 is 16.9 Å². The quantitative estimate of drug-likeness (QED) is 0.356. The van der Waals surface area contributed by atoms with E-state index in [9.17, 15) is 4.79 Å². The number of primary amides is 1. The van der Waals surface area contributed by atoms with Crippen molar-refractivity contribution in [1.82, 2.24) is 29.3 Å². The van der Waals surface area contributed by atoms with E-state index >= 15 is 4.39 Å². The molecule has 1 aromatic carbocycles. The first-order chi connectivity index (χ1) is 18.0. The summed E-state index contributed by atoms with van der Waals surface area (Å²) in [6, 6.07) is 15.6. The number of rotatable bonds is 7. The summed E-state index contributed by atoms with van der Waals surface area (Å²) in [7, 11) is 0. The molecular weight excluding hydrogens is 473 g/mol. The Balaban J connectivity index is 1.38. The van der Waals surface area contributed by atoms with Crippen LogP contribution in [0.1, 0.15) is 48.0 Å². The third-order valence-corrected chi connectivity index (χ3v) is 6.75. The van der Waals surface area contributed by atoms with Gasteiger partial charge in [-0.1, -0.05) is 12.1 Å². The van der Waals surface area contributed by atoms with Gasteiger partial charge in [0.2, 0.25) is 0 Å². The lowest BCUT2D eigenvalue weighted by Gasteiger charge is -2.36. The lowest BCUT2D eigenvalue weighted by molar-refractivity contribution is 0.0984. The highest BCUT2D eigenvalue weighted by Gasteiger charge is 2.38. The molecule has 0 saturated heterocycles. The topological polar surface area (TPSA) is 114 Å². The van der Waals surface area contributed by atoms with Crippen LogP contribution in [0.3, 0.4) is 0 Å². The number of nitrogens with two attached hydrogens (primary N) is 1. The molecule has 6 rings (SSSR count). The number of hydrogen-bond donors (Lipinski definition) is 1. The number of ether oxygens (including phenoxy) is 1. The minimum absolute atomic E-state index is 0.00211. The van der Waals surface area contributed by atoms with E-state index in [1.54, 1.807) is 53.4 Å². The molecule has 1 aliphatic carbocycles. The number of fused-ring (bicyclic) bond motifs is 1. The van der Waals surface area contributed by atoms with E-state index in [0.29, 0.717) is 53.9 Å². The van der Waals surface area contributed by atoms with Crippen molar-refractivity contribution in [2.45, 2.75) is 31.7 Å².